The summed E-state index contributed by atoms with van der Waals surface area (Å²) in [4.78, 5) is 0. The van der Waals surface area contributed by atoms with E-state index in [9.17, 15) is 4.39 Å². The Morgan fingerprint density at radius 2 is 2.05 bits per heavy atom. The van der Waals surface area contributed by atoms with Crippen LogP contribution in [0.3, 0.4) is 0 Å². The summed E-state index contributed by atoms with van der Waals surface area (Å²) in [6.45, 7) is 1.20. The molecule has 5 heteroatoms. The molecule has 0 unspecified atom stereocenters. The van der Waals surface area contributed by atoms with Crippen molar-refractivity contribution in [1.29, 1.82) is 0 Å². The summed E-state index contributed by atoms with van der Waals surface area (Å²) < 4.78 is 19.6. The molecule has 0 saturated carbocycles. The summed E-state index contributed by atoms with van der Waals surface area (Å²) in [6, 6.07) is 10.4. The average Bonchev–Trinajstić information content (AvgIpc) is 2.42. The Balaban J connectivity index is 2.05. The lowest BCUT2D eigenvalue weighted by Crippen LogP contribution is -2.05. The van der Waals surface area contributed by atoms with E-state index in [0.29, 0.717) is 12.4 Å². The molecule has 20 heavy (non-hydrogen) atoms. The van der Waals surface area contributed by atoms with E-state index >= 15 is 0 Å². The molecule has 1 N–H and O–H groups in total. The van der Waals surface area contributed by atoms with Gasteiger partial charge in [0.1, 0.15) is 18.2 Å². The summed E-state index contributed by atoms with van der Waals surface area (Å²) in [5.74, 6) is 0.0965. The van der Waals surface area contributed by atoms with E-state index in [1.807, 2.05) is 25.2 Å². The minimum absolute atomic E-state index is 0.0610. The van der Waals surface area contributed by atoms with E-state index in [1.165, 1.54) is 17.7 Å². The Kier molecular flexibility index (Phi) is 5.40. The van der Waals surface area contributed by atoms with Gasteiger partial charge in [0.2, 0.25) is 0 Å². The second-order valence-electron chi connectivity index (χ2n) is 4.32. The van der Waals surface area contributed by atoms with Gasteiger partial charge in [0.15, 0.2) is 0 Å². The van der Waals surface area contributed by atoms with E-state index < -0.39 is 5.82 Å². The van der Waals surface area contributed by atoms with E-state index in [-0.39, 0.29) is 5.02 Å². The predicted octanol–water partition coefficient (Wildman–Crippen LogP) is 4.54. The normalized spacial score (nSPS) is 10.6. The predicted molar refractivity (Wildman–Crippen MR) is 82.6 cm³/mol. The van der Waals surface area contributed by atoms with E-state index in [2.05, 4.69) is 21.2 Å². The number of benzene rings is 2. The first-order valence-electron chi connectivity index (χ1n) is 6.10. The molecule has 0 fully saturated rings. The van der Waals surface area contributed by atoms with Crippen LogP contribution in [0.15, 0.2) is 40.9 Å². The monoisotopic (exact) mass is 357 g/mol. The van der Waals surface area contributed by atoms with Crippen molar-refractivity contribution in [3.05, 3.63) is 62.8 Å². The molecule has 2 aromatic carbocycles. The third-order valence-electron chi connectivity index (χ3n) is 2.78. The average molecular weight is 359 g/mol. The molecule has 106 valence electrons. The third kappa shape index (κ3) is 3.95. The van der Waals surface area contributed by atoms with Gasteiger partial charge in [-0.05, 0) is 30.8 Å². The Hall–Kier alpha value is -1.10. The number of hydrogen-bond acceptors (Lipinski definition) is 2. The molecule has 0 aromatic heterocycles. The molecule has 2 rings (SSSR count). The van der Waals surface area contributed by atoms with Crippen molar-refractivity contribution in [3.8, 4) is 5.75 Å². The second-order valence-corrected chi connectivity index (χ2v) is 5.58. The maximum Gasteiger partial charge on any atom is 0.142 e. The second kappa shape index (κ2) is 7.07. The molecule has 0 radical (unpaired) electrons. The van der Waals surface area contributed by atoms with Gasteiger partial charge in [-0.3, -0.25) is 0 Å². The summed E-state index contributed by atoms with van der Waals surface area (Å²) in [5, 5.41) is 3.16. The molecule has 0 amide bonds. The van der Waals surface area contributed by atoms with Crippen molar-refractivity contribution in [2.45, 2.75) is 13.2 Å². The first-order chi connectivity index (χ1) is 9.60. The fraction of sp³-hybridized carbons (Fsp3) is 0.200. The van der Waals surface area contributed by atoms with Crippen molar-refractivity contribution in [2.24, 2.45) is 0 Å². The van der Waals surface area contributed by atoms with Gasteiger partial charge >= 0.3 is 0 Å². The molecular formula is C15H14BrClFNO. The fourth-order valence-electron chi connectivity index (χ4n) is 1.75. The van der Waals surface area contributed by atoms with Gasteiger partial charge in [0.05, 0.1) is 5.02 Å². The highest BCUT2D eigenvalue weighted by molar-refractivity contribution is 9.10. The van der Waals surface area contributed by atoms with E-state index in [1.54, 1.807) is 6.07 Å². The van der Waals surface area contributed by atoms with Crippen LogP contribution in [0.5, 0.6) is 5.75 Å². The number of nitrogens with one attached hydrogen (secondary N) is 1. The molecule has 0 aliphatic heterocycles. The standard InChI is InChI=1S/C15H14BrClFNO/c1-19-8-10-2-3-11(13(16)6-10)9-20-12-4-5-15(18)14(17)7-12/h2-7,19H,8-9H2,1H3. The van der Waals surface area contributed by atoms with Crippen molar-refractivity contribution in [3.63, 3.8) is 0 Å². The largest absolute Gasteiger partial charge is 0.489 e. The SMILES string of the molecule is CNCc1ccc(COc2ccc(F)c(Cl)c2)c(Br)c1. The maximum absolute atomic E-state index is 13.0. The van der Waals surface area contributed by atoms with Crippen molar-refractivity contribution >= 4 is 27.5 Å². The van der Waals surface area contributed by atoms with Crippen LogP contribution in [0, 0.1) is 5.82 Å². The van der Waals surface area contributed by atoms with Crippen molar-refractivity contribution < 1.29 is 9.13 Å². The first-order valence-corrected chi connectivity index (χ1v) is 7.27. The third-order valence-corrected chi connectivity index (χ3v) is 3.81. The van der Waals surface area contributed by atoms with Crippen LogP contribution < -0.4 is 10.1 Å². The van der Waals surface area contributed by atoms with Gasteiger partial charge in [-0.1, -0.05) is 39.7 Å². The zero-order chi connectivity index (χ0) is 14.5. The number of halogens is 3. The van der Waals surface area contributed by atoms with Crippen LogP contribution in [-0.2, 0) is 13.2 Å². The van der Waals surface area contributed by atoms with Gasteiger partial charge in [-0.2, -0.15) is 0 Å². The molecule has 0 aliphatic carbocycles. The lowest BCUT2D eigenvalue weighted by Gasteiger charge is -2.10. The van der Waals surface area contributed by atoms with Crippen LogP contribution in [-0.4, -0.2) is 7.05 Å². The first kappa shape index (κ1) is 15.3. The number of ether oxygens (including phenoxy) is 1. The fourth-order valence-corrected chi connectivity index (χ4v) is 2.46. The minimum atomic E-state index is -0.448. The molecule has 0 spiro atoms. The van der Waals surface area contributed by atoms with Crippen molar-refractivity contribution in [1.82, 2.24) is 5.32 Å². The summed E-state index contributed by atoms with van der Waals surface area (Å²) >= 11 is 9.23. The Morgan fingerprint density at radius 3 is 2.70 bits per heavy atom. The highest BCUT2D eigenvalue weighted by atomic mass is 79.9. The smallest absolute Gasteiger partial charge is 0.142 e. The van der Waals surface area contributed by atoms with Gasteiger partial charge in [-0.25, -0.2) is 4.39 Å². The summed E-state index contributed by atoms with van der Waals surface area (Å²) in [7, 11) is 1.91. The molecule has 2 aromatic rings. The van der Waals surface area contributed by atoms with Gasteiger partial charge < -0.3 is 10.1 Å². The summed E-state index contributed by atoms with van der Waals surface area (Å²) in [6.07, 6.45) is 0. The van der Waals surface area contributed by atoms with Crippen molar-refractivity contribution in [2.75, 3.05) is 7.05 Å². The number of rotatable bonds is 5. The molecule has 0 aliphatic rings. The van der Waals surface area contributed by atoms with Crippen LogP contribution in [0.1, 0.15) is 11.1 Å². The lowest BCUT2D eigenvalue weighted by molar-refractivity contribution is 0.305. The zero-order valence-electron chi connectivity index (χ0n) is 10.9. The molecule has 0 atom stereocenters. The molecule has 0 bridgehead atoms. The molecule has 0 saturated heterocycles. The zero-order valence-corrected chi connectivity index (χ0v) is 13.3. The van der Waals surface area contributed by atoms with E-state index in [0.717, 1.165) is 16.6 Å². The Labute approximate surface area is 131 Å². The van der Waals surface area contributed by atoms with Crippen LogP contribution >= 0.6 is 27.5 Å². The molecule has 2 nitrogen and oxygen atoms in total. The van der Waals surface area contributed by atoms with Crippen LogP contribution in [0.25, 0.3) is 0 Å². The minimum Gasteiger partial charge on any atom is -0.489 e. The van der Waals surface area contributed by atoms with Gasteiger partial charge in [0, 0.05) is 22.6 Å². The maximum atomic E-state index is 13.0. The van der Waals surface area contributed by atoms with Crippen LogP contribution in [0.2, 0.25) is 5.02 Å². The highest BCUT2D eigenvalue weighted by Crippen LogP contribution is 2.24. The van der Waals surface area contributed by atoms with Crippen LogP contribution in [0.4, 0.5) is 4.39 Å². The molecule has 0 heterocycles. The van der Waals surface area contributed by atoms with Gasteiger partial charge in [-0.15, -0.1) is 0 Å². The van der Waals surface area contributed by atoms with Gasteiger partial charge in [0.25, 0.3) is 0 Å². The highest BCUT2D eigenvalue weighted by Gasteiger charge is 2.05. The Morgan fingerprint density at radius 1 is 1.25 bits per heavy atom. The topological polar surface area (TPSA) is 21.3 Å². The van der Waals surface area contributed by atoms with E-state index in [4.69, 9.17) is 16.3 Å². The Bertz CT molecular complexity index is 606. The quantitative estimate of drug-likeness (QED) is 0.847. The molecular weight excluding hydrogens is 345 g/mol. The lowest BCUT2D eigenvalue weighted by atomic mass is 10.1. The number of hydrogen-bond donors (Lipinski definition) is 1. The summed E-state index contributed by atoms with van der Waals surface area (Å²) in [5.41, 5.74) is 2.21.